The molecule has 0 radical (unpaired) electrons. The molecule has 0 unspecified atom stereocenters. The van der Waals surface area contributed by atoms with Gasteiger partial charge in [-0.3, -0.25) is 4.79 Å². The summed E-state index contributed by atoms with van der Waals surface area (Å²) in [6.07, 6.45) is 7.37. The number of carbonyl (C=O) groups excluding carboxylic acids is 1. The minimum absolute atomic E-state index is 0.300. The van der Waals surface area contributed by atoms with Gasteiger partial charge < -0.3 is 5.73 Å². The zero-order valence-electron chi connectivity index (χ0n) is 10.3. The zero-order valence-corrected chi connectivity index (χ0v) is 10.3. The Morgan fingerprint density at radius 1 is 1.29 bits per heavy atom. The Hall–Kier alpha value is -1.57. The highest BCUT2D eigenvalue weighted by Gasteiger charge is 2.03. The van der Waals surface area contributed by atoms with Gasteiger partial charge in [-0.25, -0.2) is 0 Å². The van der Waals surface area contributed by atoms with Gasteiger partial charge in [0.25, 0.3) is 0 Å². The van der Waals surface area contributed by atoms with Crippen molar-refractivity contribution in [3.05, 3.63) is 42.5 Å². The number of ketones is 1. The van der Waals surface area contributed by atoms with Gasteiger partial charge in [0, 0.05) is 18.5 Å². The maximum absolute atomic E-state index is 11.7. The molecule has 0 heterocycles. The van der Waals surface area contributed by atoms with Crippen molar-refractivity contribution in [2.24, 2.45) is 0 Å². The maximum Gasteiger partial charge on any atom is 0.137 e. The Morgan fingerprint density at radius 3 is 2.82 bits per heavy atom. The molecule has 0 aliphatic heterocycles. The van der Waals surface area contributed by atoms with Gasteiger partial charge in [0.2, 0.25) is 0 Å². The number of hydrogen-bond acceptors (Lipinski definition) is 2. The fraction of sp³-hybridized carbons (Fsp3) is 0.400. The highest BCUT2D eigenvalue weighted by Crippen LogP contribution is 2.10. The van der Waals surface area contributed by atoms with E-state index in [1.165, 1.54) is 0 Å². The summed E-state index contributed by atoms with van der Waals surface area (Å²) < 4.78 is 0. The van der Waals surface area contributed by atoms with Crippen LogP contribution in [-0.4, -0.2) is 5.78 Å². The fourth-order valence-corrected chi connectivity index (χ4v) is 1.81. The van der Waals surface area contributed by atoms with Crippen LogP contribution in [0, 0.1) is 0 Å². The number of carbonyl (C=O) groups is 1. The van der Waals surface area contributed by atoms with Crippen molar-refractivity contribution in [3.63, 3.8) is 0 Å². The van der Waals surface area contributed by atoms with Gasteiger partial charge in [0.15, 0.2) is 0 Å². The van der Waals surface area contributed by atoms with Gasteiger partial charge in [-0.1, -0.05) is 24.6 Å². The number of unbranched alkanes of at least 4 members (excludes halogenated alkanes) is 3. The van der Waals surface area contributed by atoms with Gasteiger partial charge in [0.1, 0.15) is 5.78 Å². The van der Waals surface area contributed by atoms with Crippen molar-refractivity contribution in [3.8, 4) is 0 Å². The zero-order chi connectivity index (χ0) is 12.5. The molecular formula is C15H21NO. The second-order valence-electron chi connectivity index (χ2n) is 4.35. The van der Waals surface area contributed by atoms with Gasteiger partial charge in [0.05, 0.1) is 0 Å². The normalized spacial score (nSPS) is 10.1. The van der Waals surface area contributed by atoms with Crippen molar-refractivity contribution in [1.29, 1.82) is 0 Å². The van der Waals surface area contributed by atoms with E-state index < -0.39 is 0 Å². The molecule has 0 bridgehead atoms. The van der Waals surface area contributed by atoms with Crippen LogP contribution in [0.3, 0.4) is 0 Å². The van der Waals surface area contributed by atoms with Crippen molar-refractivity contribution in [2.45, 2.75) is 38.5 Å². The predicted molar refractivity (Wildman–Crippen MR) is 72.8 cm³/mol. The van der Waals surface area contributed by atoms with Crippen LogP contribution >= 0.6 is 0 Å². The van der Waals surface area contributed by atoms with E-state index in [0.29, 0.717) is 18.6 Å². The van der Waals surface area contributed by atoms with E-state index >= 15 is 0 Å². The van der Waals surface area contributed by atoms with Gasteiger partial charge >= 0.3 is 0 Å². The largest absolute Gasteiger partial charge is 0.399 e. The van der Waals surface area contributed by atoms with Gasteiger partial charge in [-0.05, 0) is 37.0 Å². The van der Waals surface area contributed by atoms with Crippen molar-refractivity contribution < 1.29 is 4.79 Å². The molecule has 2 heteroatoms. The molecule has 0 amide bonds. The molecule has 2 nitrogen and oxygen atoms in total. The first-order valence-corrected chi connectivity index (χ1v) is 6.19. The van der Waals surface area contributed by atoms with E-state index in [4.69, 9.17) is 5.73 Å². The first kappa shape index (κ1) is 13.5. The predicted octanol–water partition coefficient (Wildman–Crippen LogP) is 3.52. The molecule has 0 saturated heterocycles. The number of allylic oxidation sites excluding steroid dienone is 1. The molecule has 17 heavy (non-hydrogen) atoms. The average Bonchev–Trinajstić information content (AvgIpc) is 2.29. The van der Waals surface area contributed by atoms with Crippen LogP contribution in [0.25, 0.3) is 0 Å². The molecule has 0 aliphatic carbocycles. The summed E-state index contributed by atoms with van der Waals surface area (Å²) in [5, 5.41) is 0. The first-order valence-electron chi connectivity index (χ1n) is 6.19. The number of hydrogen-bond donors (Lipinski definition) is 1. The molecule has 1 rings (SSSR count). The van der Waals surface area contributed by atoms with Crippen LogP contribution in [0.4, 0.5) is 5.69 Å². The topological polar surface area (TPSA) is 43.1 Å². The molecule has 0 fully saturated rings. The second-order valence-corrected chi connectivity index (χ2v) is 4.35. The monoisotopic (exact) mass is 231 g/mol. The average molecular weight is 231 g/mol. The lowest BCUT2D eigenvalue weighted by molar-refractivity contribution is -0.118. The van der Waals surface area contributed by atoms with E-state index in [2.05, 4.69) is 6.58 Å². The Balaban J connectivity index is 2.23. The van der Waals surface area contributed by atoms with Crippen molar-refractivity contribution in [1.82, 2.24) is 0 Å². The first-order chi connectivity index (χ1) is 8.22. The van der Waals surface area contributed by atoms with Crippen LogP contribution in [0.1, 0.15) is 37.7 Å². The number of benzene rings is 1. The molecule has 0 spiro atoms. The Labute approximate surface area is 104 Å². The van der Waals surface area contributed by atoms with E-state index in [0.717, 1.165) is 36.9 Å². The molecule has 0 aromatic heterocycles. The smallest absolute Gasteiger partial charge is 0.137 e. The van der Waals surface area contributed by atoms with Crippen LogP contribution in [-0.2, 0) is 11.2 Å². The molecule has 1 aromatic rings. The Bertz CT molecular complexity index is 371. The van der Waals surface area contributed by atoms with Gasteiger partial charge in [-0.15, -0.1) is 6.58 Å². The third-order valence-corrected chi connectivity index (χ3v) is 2.72. The molecular weight excluding hydrogens is 210 g/mol. The number of nitrogens with two attached hydrogens (primary N) is 1. The van der Waals surface area contributed by atoms with Crippen molar-refractivity contribution >= 4 is 11.5 Å². The molecule has 0 aliphatic rings. The summed E-state index contributed by atoms with van der Waals surface area (Å²) in [6, 6.07) is 7.55. The maximum atomic E-state index is 11.7. The highest BCUT2D eigenvalue weighted by atomic mass is 16.1. The lowest BCUT2D eigenvalue weighted by Crippen LogP contribution is -2.02. The van der Waals surface area contributed by atoms with Crippen LogP contribution in [0.2, 0.25) is 0 Å². The van der Waals surface area contributed by atoms with E-state index in [1.807, 2.05) is 30.3 Å². The summed E-state index contributed by atoms with van der Waals surface area (Å²) in [5.74, 6) is 0.300. The quantitative estimate of drug-likeness (QED) is 0.422. The van der Waals surface area contributed by atoms with E-state index in [9.17, 15) is 4.79 Å². The SMILES string of the molecule is C=CCCCCCC(=O)Cc1cccc(N)c1. The third kappa shape index (κ3) is 5.91. The van der Waals surface area contributed by atoms with Crippen LogP contribution in [0.5, 0.6) is 0 Å². The number of rotatable bonds is 8. The van der Waals surface area contributed by atoms with E-state index in [1.54, 1.807) is 0 Å². The molecule has 92 valence electrons. The lowest BCUT2D eigenvalue weighted by Gasteiger charge is -2.02. The summed E-state index contributed by atoms with van der Waals surface area (Å²) >= 11 is 0. The third-order valence-electron chi connectivity index (χ3n) is 2.72. The standard InChI is InChI=1S/C15H21NO/c1-2-3-4-5-6-10-15(17)12-13-8-7-9-14(16)11-13/h2,7-9,11H,1,3-6,10,12,16H2. The summed E-state index contributed by atoms with van der Waals surface area (Å²) in [7, 11) is 0. The summed E-state index contributed by atoms with van der Waals surface area (Å²) in [6.45, 7) is 3.68. The molecule has 2 N–H and O–H groups in total. The summed E-state index contributed by atoms with van der Waals surface area (Å²) in [4.78, 5) is 11.7. The highest BCUT2D eigenvalue weighted by molar-refractivity contribution is 5.81. The fourth-order valence-electron chi connectivity index (χ4n) is 1.81. The Morgan fingerprint density at radius 2 is 2.12 bits per heavy atom. The van der Waals surface area contributed by atoms with E-state index in [-0.39, 0.29) is 0 Å². The minimum atomic E-state index is 0.300. The Kier molecular flexibility index (Phi) is 6.08. The second kappa shape index (κ2) is 7.66. The summed E-state index contributed by atoms with van der Waals surface area (Å²) in [5.41, 5.74) is 7.41. The number of Topliss-reactive ketones (excluding diaryl/α,β-unsaturated/α-hetero) is 1. The molecule has 1 aromatic carbocycles. The lowest BCUT2D eigenvalue weighted by atomic mass is 10.0. The van der Waals surface area contributed by atoms with Gasteiger partial charge in [-0.2, -0.15) is 0 Å². The molecule has 0 saturated carbocycles. The van der Waals surface area contributed by atoms with Crippen molar-refractivity contribution in [2.75, 3.05) is 5.73 Å². The van der Waals surface area contributed by atoms with Crippen LogP contribution < -0.4 is 5.73 Å². The number of anilines is 1. The van der Waals surface area contributed by atoms with Crippen LogP contribution in [0.15, 0.2) is 36.9 Å². The molecule has 0 atom stereocenters. The number of nitrogen functional groups attached to an aromatic ring is 1. The minimum Gasteiger partial charge on any atom is -0.399 e.